The molecule has 134 valence electrons. The first-order valence-electron chi connectivity index (χ1n) is 7.92. The van der Waals surface area contributed by atoms with Gasteiger partial charge in [0.15, 0.2) is 0 Å². The van der Waals surface area contributed by atoms with Crippen molar-refractivity contribution < 1.29 is 17.9 Å². The lowest BCUT2D eigenvalue weighted by molar-refractivity contribution is 0.0609. The van der Waals surface area contributed by atoms with E-state index >= 15 is 0 Å². The summed E-state index contributed by atoms with van der Waals surface area (Å²) in [5.74, 6) is 0. The fourth-order valence-corrected chi connectivity index (χ4v) is 3.47. The summed E-state index contributed by atoms with van der Waals surface area (Å²) in [7, 11) is -4.10. The van der Waals surface area contributed by atoms with Crippen molar-refractivity contribution >= 4 is 21.8 Å². The summed E-state index contributed by atoms with van der Waals surface area (Å²) < 4.78 is 32.2. The van der Waals surface area contributed by atoms with Crippen LogP contribution in [-0.4, -0.2) is 20.1 Å². The molecule has 0 unspecified atom stereocenters. The SMILES string of the molecule is Cc1ccc(N(C(=O)OC(C)(C)C)S(=O)(=O)c2ccc(C)cc2)cc1. The number of amides is 1. The third-order valence-corrected chi connectivity index (χ3v) is 5.10. The van der Waals surface area contributed by atoms with Gasteiger partial charge in [-0.2, -0.15) is 4.31 Å². The van der Waals surface area contributed by atoms with Gasteiger partial charge in [-0.1, -0.05) is 35.4 Å². The third kappa shape index (κ3) is 4.60. The van der Waals surface area contributed by atoms with Crippen LogP contribution in [0.15, 0.2) is 53.4 Å². The number of benzene rings is 2. The lowest BCUT2D eigenvalue weighted by atomic mass is 10.2. The van der Waals surface area contributed by atoms with Gasteiger partial charge < -0.3 is 4.74 Å². The standard InChI is InChI=1S/C19H23NO4S/c1-14-6-10-16(11-7-14)20(18(21)24-19(3,4)5)25(22,23)17-12-8-15(2)9-13-17/h6-13H,1-5H3. The Morgan fingerprint density at radius 1 is 0.880 bits per heavy atom. The fraction of sp³-hybridized carbons (Fsp3) is 0.316. The highest BCUT2D eigenvalue weighted by Crippen LogP contribution is 2.26. The van der Waals surface area contributed by atoms with E-state index in [4.69, 9.17) is 4.74 Å². The molecule has 2 aromatic carbocycles. The minimum absolute atomic E-state index is 0.0320. The normalized spacial score (nSPS) is 11.9. The number of carbonyl (C=O) groups excluding carboxylic acids is 1. The molecule has 0 aliphatic carbocycles. The number of ether oxygens (including phenoxy) is 1. The van der Waals surface area contributed by atoms with Gasteiger partial charge in [0, 0.05) is 0 Å². The number of hydrogen-bond donors (Lipinski definition) is 0. The van der Waals surface area contributed by atoms with E-state index in [-0.39, 0.29) is 10.6 Å². The molecule has 0 saturated heterocycles. The quantitative estimate of drug-likeness (QED) is 0.811. The van der Waals surface area contributed by atoms with Crippen molar-refractivity contribution in [2.75, 3.05) is 4.31 Å². The zero-order valence-corrected chi connectivity index (χ0v) is 15.9. The average molecular weight is 361 g/mol. The number of aryl methyl sites for hydroxylation is 2. The van der Waals surface area contributed by atoms with Crippen LogP contribution in [0.1, 0.15) is 31.9 Å². The average Bonchev–Trinajstić information content (AvgIpc) is 2.48. The maximum absolute atomic E-state index is 13.1. The van der Waals surface area contributed by atoms with Crippen molar-refractivity contribution in [1.82, 2.24) is 0 Å². The van der Waals surface area contributed by atoms with Crippen LogP contribution in [0.3, 0.4) is 0 Å². The molecule has 0 spiro atoms. The second-order valence-corrected chi connectivity index (χ2v) is 8.69. The van der Waals surface area contributed by atoms with E-state index in [9.17, 15) is 13.2 Å². The summed E-state index contributed by atoms with van der Waals surface area (Å²) in [5.41, 5.74) is 1.31. The summed E-state index contributed by atoms with van der Waals surface area (Å²) in [5, 5.41) is 0. The monoisotopic (exact) mass is 361 g/mol. The number of rotatable bonds is 3. The first-order valence-corrected chi connectivity index (χ1v) is 9.36. The van der Waals surface area contributed by atoms with Crippen LogP contribution in [0.5, 0.6) is 0 Å². The van der Waals surface area contributed by atoms with Crippen LogP contribution in [0, 0.1) is 13.8 Å². The molecule has 0 aromatic heterocycles. The second kappa shape index (κ2) is 6.88. The zero-order chi connectivity index (χ0) is 18.8. The minimum Gasteiger partial charge on any atom is -0.443 e. The number of carbonyl (C=O) groups is 1. The summed E-state index contributed by atoms with van der Waals surface area (Å²) in [6.07, 6.45) is -0.933. The molecule has 6 heteroatoms. The van der Waals surface area contributed by atoms with E-state index in [1.807, 2.05) is 13.8 Å². The van der Waals surface area contributed by atoms with Crippen molar-refractivity contribution in [2.45, 2.75) is 45.1 Å². The molecule has 0 bridgehead atoms. The molecule has 0 radical (unpaired) electrons. The van der Waals surface area contributed by atoms with Crippen molar-refractivity contribution in [1.29, 1.82) is 0 Å². The van der Waals surface area contributed by atoms with Gasteiger partial charge in [0.2, 0.25) is 0 Å². The number of anilines is 1. The fourth-order valence-electron chi connectivity index (χ4n) is 2.14. The highest BCUT2D eigenvalue weighted by Gasteiger charge is 2.34. The number of sulfonamides is 1. The summed E-state index contributed by atoms with van der Waals surface area (Å²) in [4.78, 5) is 12.7. The highest BCUT2D eigenvalue weighted by molar-refractivity contribution is 7.93. The molecule has 0 aliphatic rings. The van der Waals surface area contributed by atoms with Gasteiger partial charge in [-0.15, -0.1) is 0 Å². The topological polar surface area (TPSA) is 63.7 Å². The van der Waals surface area contributed by atoms with Gasteiger partial charge >= 0.3 is 6.09 Å². The summed E-state index contributed by atoms with van der Waals surface area (Å²) in [6.45, 7) is 8.82. The van der Waals surface area contributed by atoms with Gasteiger partial charge in [-0.25, -0.2) is 13.2 Å². The Morgan fingerprint density at radius 2 is 1.32 bits per heavy atom. The van der Waals surface area contributed by atoms with Gasteiger partial charge in [0.1, 0.15) is 5.60 Å². The lowest BCUT2D eigenvalue weighted by Gasteiger charge is -2.27. The van der Waals surface area contributed by atoms with Crippen LogP contribution >= 0.6 is 0 Å². The largest absolute Gasteiger partial charge is 0.443 e. The maximum Gasteiger partial charge on any atom is 0.429 e. The van der Waals surface area contributed by atoms with Crippen LogP contribution in [0.25, 0.3) is 0 Å². The summed E-state index contributed by atoms with van der Waals surface area (Å²) >= 11 is 0. The maximum atomic E-state index is 13.1. The van der Waals surface area contributed by atoms with E-state index in [2.05, 4.69) is 0 Å². The zero-order valence-electron chi connectivity index (χ0n) is 15.1. The van der Waals surface area contributed by atoms with E-state index in [1.165, 1.54) is 12.1 Å². The van der Waals surface area contributed by atoms with Gasteiger partial charge in [-0.3, -0.25) is 0 Å². The van der Waals surface area contributed by atoms with Gasteiger partial charge in [0.05, 0.1) is 10.6 Å². The minimum atomic E-state index is -4.10. The van der Waals surface area contributed by atoms with Gasteiger partial charge in [0.25, 0.3) is 10.0 Å². The molecule has 0 aliphatic heterocycles. The Hall–Kier alpha value is -2.34. The highest BCUT2D eigenvalue weighted by atomic mass is 32.2. The lowest BCUT2D eigenvalue weighted by Crippen LogP contribution is -2.41. The predicted octanol–water partition coefficient (Wildman–Crippen LogP) is 4.43. The van der Waals surface area contributed by atoms with E-state index in [1.54, 1.807) is 57.2 Å². The van der Waals surface area contributed by atoms with E-state index in [0.29, 0.717) is 4.31 Å². The molecular weight excluding hydrogens is 338 g/mol. The van der Waals surface area contributed by atoms with E-state index < -0.39 is 21.7 Å². The molecule has 2 aromatic rings. The number of nitrogens with zero attached hydrogens (tertiary/aromatic N) is 1. The smallest absolute Gasteiger partial charge is 0.429 e. The third-order valence-electron chi connectivity index (χ3n) is 3.39. The van der Waals surface area contributed by atoms with Crippen LogP contribution in [-0.2, 0) is 14.8 Å². The molecule has 0 fully saturated rings. The molecule has 25 heavy (non-hydrogen) atoms. The Kier molecular flexibility index (Phi) is 5.23. The van der Waals surface area contributed by atoms with Crippen molar-refractivity contribution in [3.8, 4) is 0 Å². The Labute approximate surface area is 149 Å². The van der Waals surface area contributed by atoms with Crippen LogP contribution in [0.2, 0.25) is 0 Å². The second-order valence-electron chi connectivity index (χ2n) is 6.90. The Bertz CT molecular complexity index is 848. The van der Waals surface area contributed by atoms with E-state index in [0.717, 1.165) is 11.1 Å². The summed E-state index contributed by atoms with van der Waals surface area (Å²) in [6, 6.07) is 13.0. The molecule has 0 heterocycles. The Morgan fingerprint density at radius 3 is 1.76 bits per heavy atom. The number of hydrogen-bond acceptors (Lipinski definition) is 4. The predicted molar refractivity (Wildman–Crippen MR) is 98.3 cm³/mol. The molecular formula is C19H23NO4S. The molecule has 1 amide bonds. The molecule has 0 atom stereocenters. The van der Waals surface area contributed by atoms with Crippen molar-refractivity contribution in [2.24, 2.45) is 0 Å². The first kappa shape index (κ1) is 19.0. The molecule has 5 nitrogen and oxygen atoms in total. The molecule has 2 rings (SSSR count). The van der Waals surface area contributed by atoms with Gasteiger partial charge in [-0.05, 0) is 58.9 Å². The molecule has 0 saturated carbocycles. The van der Waals surface area contributed by atoms with Crippen LogP contribution in [0.4, 0.5) is 10.5 Å². The van der Waals surface area contributed by atoms with Crippen molar-refractivity contribution in [3.63, 3.8) is 0 Å². The molecule has 0 N–H and O–H groups in total. The van der Waals surface area contributed by atoms with Crippen molar-refractivity contribution in [3.05, 3.63) is 59.7 Å². The Balaban J connectivity index is 2.55. The first-order chi connectivity index (χ1) is 11.5. The van der Waals surface area contributed by atoms with Crippen LogP contribution < -0.4 is 4.31 Å².